The zero-order chi connectivity index (χ0) is 14.4. The van der Waals surface area contributed by atoms with E-state index in [9.17, 15) is 0 Å². The first-order valence-corrected chi connectivity index (χ1v) is 8.09. The molecule has 0 aromatic carbocycles. The molecular formula is C17H29N3. The smallest absolute Gasteiger partial charge is 0.125 e. The lowest BCUT2D eigenvalue weighted by Gasteiger charge is -2.36. The number of rotatable bonds is 6. The van der Waals surface area contributed by atoms with Gasteiger partial charge in [0.05, 0.1) is 0 Å². The van der Waals surface area contributed by atoms with Gasteiger partial charge >= 0.3 is 0 Å². The molecule has 0 saturated heterocycles. The maximum absolute atomic E-state index is 4.50. The first kappa shape index (κ1) is 15.3. The van der Waals surface area contributed by atoms with Gasteiger partial charge in [0.1, 0.15) is 5.82 Å². The summed E-state index contributed by atoms with van der Waals surface area (Å²) in [5, 5.41) is 3.32. The Morgan fingerprint density at radius 3 is 2.75 bits per heavy atom. The quantitative estimate of drug-likeness (QED) is 0.853. The van der Waals surface area contributed by atoms with Crippen molar-refractivity contribution in [1.29, 1.82) is 0 Å². The SMILES string of the molecule is CCCNc1ccc(CN(C)C2CCCCC2C)cn1. The number of hydrogen-bond donors (Lipinski definition) is 1. The average molecular weight is 275 g/mol. The van der Waals surface area contributed by atoms with Crippen LogP contribution in [0.15, 0.2) is 18.3 Å². The van der Waals surface area contributed by atoms with Crippen molar-refractivity contribution >= 4 is 5.82 Å². The Morgan fingerprint density at radius 2 is 2.10 bits per heavy atom. The minimum atomic E-state index is 0.738. The Labute approximate surface area is 123 Å². The molecule has 2 rings (SSSR count). The summed E-state index contributed by atoms with van der Waals surface area (Å²) in [5.41, 5.74) is 1.31. The van der Waals surface area contributed by atoms with Crippen LogP contribution in [-0.2, 0) is 6.54 Å². The number of aromatic nitrogens is 1. The van der Waals surface area contributed by atoms with Gasteiger partial charge in [0.25, 0.3) is 0 Å². The second-order valence-electron chi connectivity index (χ2n) is 6.22. The van der Waals surface area contributed by atoms with E-state index < -0.39 is 0 Å². The highest BCUT2D eigenvalue weighted by atomic mass is 15.1. The van der Waals surface area contributed by atoms with Crippen LogP contribution in [0.5, 0.6) is 0 Å². The molecule has 1 fully saturated rings. The van der Waals surface area contributed by atoms with Crippen LogP contribution in [-0.4, -0.2) is 29.5 Å². The summed E-state index contributed by atoms with van der Waals surface area (Å²) in [4.78, 5) is 7.01. The fourth-order valence-corrected chi connectivity index (χ4v) is 3.23. The van der Waals surface area contributed by atoms with Crippen LogP contribution in [0.25, 0.3) is 0 Å². The van der Waals surface area contributed by atoms with Gasteiger partial charge in [0.2, 0.25) is 0 Å². The van der Waals surface area contributed by atoms with E-state index in [1.165, 1.54) is 31.2 Å². The van der Waals surface area contributed by atoms with Crippen LogP contribution in [0.3, 0.4) is 0 Å². The zero-order valence-electron chi connectivity index (χ0n) is 13.2. The Kier molecular flexibility index (Phi) is 5.84. The molecule has 0 radical (unpaired) electrons. The maximum atomic E-state index is 4.50. The van der Waals surface area contributed by atoms with Crippen molar-refractivity contribution in [3.63, 3.8) is 0 Å². The van der Waals surface area contributed by atoms with Gasteiger partial charge in [0, 0.05) is 25.3 Å². The van der Waals surface area contributed by atoms with Crippen LogP contribution >= 0.6 is 0 Å². The molecule has 1 aromatic rings. The highest BCUT2D eigenvalue weighted by Crippen LogP contribution is 2.28. The Morgan fingerprint density at radius 1 is 1.30 bits per heavy atom. The predicted octanol–water partition coefficient (Wildman–Crippen LogP) is 3.91. The van der Waals surface area contributed by atoms with Crippen LogP contribution in [0.4, 0.5) is 5.82 Å². The molecule has 0 bridgehead atoms. The Hall–Kier alpha value is -1.09. The largest absolute Gasteiger partial charge is 0.370 e. The van der Waals surface area contributed by atoms with Gasteiger partial charge in [-0.2, -0.15) is 0 Å². The summed E-state index contributed by atoms with van der Waals surface area (Å²) in [6.07, 6.45) is 8.67. The lowest BCUT2D eigenvalue weighted by Crippen LogP contribution is -2.38. The van der Waals surface area contributed by atoms with Crippen LogP contribution in [0.1, 0.15) is 51.5 Å². The van der Waals surface area contributed by atoms with Crippen LogP contribution in [0, 0.1) is 5.92 Å². The molecule has 1 N–H and O–H groups in total. The van der Waals surface area contributed by atoms with Gasteiger partial charge in [-0.15, -0.1) is 0 Å². The summed E-state index contributed by atoms with van der Waals surface area (Å²) in [6, 6.07) is 5.04. The van der Waals surface area contributed by atoms with Gasteiger partial charge in [-0.25, -0.2) is 4.98 Å². The molecule has 0 amide bonds. The zero-order valence-corrected chi connectivity index (χ0v) is 13.2. The third-order valence-electron chi connectivity index (χ3n) is 4.45. The van der Waals surface area contributed by atoms with Crippen molar-refractivity contribution in [3.05, 3.63) is 23.9 Å². The molecule has 1 aliphatic rings. The fraction of sp³-hybridized carbons (Fsp3) is 0.706. The second-order valence-corrected chi connectivity index (χ2v) is 6.22. The molecule has 1 aromatic heterocycles. The molecule has 2 atom stereocenters. The van der Waals surface area contributed by atoms with E-state index >= 15 is 0 Å². The number of hydrogen-bond acceptors (Lipinski definition) is 3. The molecule has 20 heavy (non-hydrogen) atoms. The normalized spacial score (nSPS) is 23.0. The van der Waals surface area contributed by atoms with Crippen molar-refractivity contribution in [2.45, 2.75) is 58.5 Å². The second kappa shape index (κ2) is 7.63. The van der Waals surface area contributed by atoms with E-state index in [4.69, 9.17) is 0 Å². The van der Waals surface area contributed by atoms with Crippen LogP contribution in [0.2, 0.25) is 0 Å². The number of anilines is 1. The monoisotopic (exact) mass is 275 g/mol. The molecule has 1 saturated carbocycles. The lowest BCUT2D eigenvalue weighted by atomic mass is 9.85. The summed E-state index contributed by atoms with van der Waals surface area (Å²) in [5.74, 6) is 1.82. The van der Waals surface area contributed by atoms with Gasteiger partial charge in [-0.05, 0) is 43.9 Å². The maximum Gasteiger partial charge on any atom is 0.125 e. The number of nitrogens with one attached hydrogen (secondary N) is 1. The van der Waals surface area contributed by atoms with E-state index in [2.05, 4.69) is 48.2 Å². The van der Waals surface area contributed by atoms with Crippen molar-refractivity contribution in [2.24, 2.45) is 5.92 Å². The van der Waals surface area contributed by atoms with Crippen LogP contribution < -0.4 is 5.32 Å². The third kappa shape index (κ3) is 4.20. The highest BCUT2D eigenvalue weighted by molar-refractivity contribution is 5.35. The number of pyridine rings is 1. The molecule has 2 unspecified atom stereocenters. The first-order valence-electron chi connectivity index (χ1n) is 8.09. The third-order valence-corrected chi connectivity index (χ3v) is 4.45. The van der Waals surface area contributed by atoms with Crippen molar-refractivity contribution < 1.29 is 0 Å². The molecule has 1 heterocycles. The fourth-order valence-electron chi connectivity index (χ4n) is 3.23. The number of nitrogens with zero attached hydrogens (tertiary/aromatic N) is 2. The van der Waals surface area contributed by atoms with Crippen molar-refractivity contribution in [2.75, 3.05) is 18.9 Å². The Bertz CT molecular complexity index is 388. The molecular weight excluding hydrogens is 246 g/mol. The summed E-state index contributed by atoms with van der Waals surface area (Å²) < 4.78 is 0. The molecule has 0 aliphatic heterocycles. The minimum absolute atomic E-state index is 0.738. The molecule has 3 heteroatoms. The summed E-state index contributed by atoms with van der Waals surface area (Å²) >= 11 is 0. The molecule has 1 aliphatic carbocycles. The summed E-state index contributed by atoms with van der Waals surface area (Å²) in [6.45, 7) is 6.57. The molecule has 0 spiro atoms. The molecule has 3 nitrogen and oxygen atoms in total. The van der Waals surface area contributed by atoms with E-state index in [1.807, 2.05) is 6.20 Å². The van der Waals surface area contributed by atoms with Gasteiger partial charge < -0.3 is 5.32 Å². The van der Waals surface area contributed by atoms with Gasteiger partial charge in [0.15, 0.2) is 0 Å². The first-order chi connectivity index (χ1) is 9.70. The van der Waals surface area contributed by atoms with E-state index in [0.717, 1.165) is 37.3 Å². The molecule has 112 valence electrons. The lowest BCUT2D eigenvalue weighted by molar-refractivity contribution is 0.133. The predicted molar refractivity (Wildman–Crippen MR) is 85.9 cm³/mol. The minimum Gasteiger partial charge on any atom is -0.370 e. The standard InChI is InChI=1S/C17H29N3/c1-4-11-18-17-10-9-15(12-19-17)13-20(3)16-8-6-5-7-14(16)2/h9-10,12,14,16H,4-8,11,13H2,1-3H3,(H,18,19). The average Bonchev–Trinajstić information content (AvgIpc) is 2.47. The Balaban J connectivity index is 1.88. The van der Waals surface area contributed by atoms with Gasteiger partial charge in [-0.1, -0.05) is 32.8 Å². The highest BCUT2D eigenvalue weighted by Gasteiger charge is 2.24. The van der Waals surface area contributed by atoms with Crippen molar-refractivity contribution in [1.82, 2.24) is 9.88 Å². The van der Waals surface area contributed by atoms with Crippen molar-refractivity contribution in [3.8, 4) is 0 Å². The van der Waals surface area contributed by atoms with Gasteiger partial charge in [-0.3, -0.25) is 4.90 Å². The van der Waals surface area contributed by atoms with E-state index in [1.54, 1.807) is 0 Å². The van der Waals surface area contributed by atoms with E-state index in [-0.39, 0.29) is 0 Å². The summed E-state index contributed by atoms with van der Waals surface area (Å²) in [7, 11) is 2.26. The topological polar surface area (TPSA) is 28.2 Å². The van der Waals surface area contributed by atoms with E-state index in [0.29, 0.717) is 0 Å².